The molecule has 154 valence electrons. The average Bonchev–Trinajstić information content (AvgIpc) is 2.75. The Morgan fingerprint density at radius 1 is 0.833 bits per heavy atom. The van der Waals surface area contributed by atoms with Gasteiger partial charge in [0.05, 0.1) is 0 Å². The molecule has 4 rings (SSSR count). The molecule has 1 fully saturated rings. The van der Waals surface area contributed by atoms with Gasteiger partial charge in [0.25, 0.3) is 5.91 Å². The van der Waals surface area contributed by atoms with Crippen molar-refractivity contribution in [2.75, 3.05) is 28.6 Å². The molecule has 1 aliphatic rings. The number of amides is 1. The number of anilines is 4. The highest BCUT2D eigenvalue weighted by Gasteiger charge is 2.11. The monoisotopic (exact) mass is 401 g/mol. The van der Waals surface area contributed by atoms with Crippen molar-refractivity contribution in [3.05, 3.63) is 71.5 Å². The van der Waals surface area contributed by atoms with E-state index in [-0.39, 0.29) is 5.91 Å². The van der Waals surface area contributed by atoms with E-state index in [2.05, 4.69) is 37.6 Å². The smallest absolute Gasteiger partial charge is 0.255 e. The molecule has 0 saturated carbocycles. The summed E-state index contributed by atoms with van der Waals surface area (Å²) in [5, 5.41) is 6.15. The summed E-state index contributed by atoms with van der Waals surface area (Å²) in [4.78, 5) is 23.8. The first-order valence-electron chi connectivity index (χ1n) is 10.4. The van der Waals surface area contributed by atoms with Gasteiger partial charge in [0.1, 0.15) is 0 Å². The van der Waals surface area contributed by atoms with Crippen LogP contribution in [0.3, 0.4) is 0 Å². The highest BCUT2D eigenvalue weighted by molar-refractivity contribution is 6.04. The van der Waals surface area contributed by atoms with E-state index >= 15 is 0 Å². The summed E-state index contributed by atoms with van der Waals surface area (Å²) < 4.78 is 0. The van der Waals surface area contributed by atoms with Crippen molar-refractivity contribution in [3.8, 4) is 0 Å². The van der Waals surface area contributed by atoms with Crippen LogP contribution in [0.25, 0.3) is 0 Å². The molecule has 2 aromatic carbocycles. The molecule has 30 heavy (non-hydrogen) atoms. The van der Waals surface area contributed by atoms with Gasteiger partial charge in [0.15, 0.2) is 0 Å². The fourth-order valence-electron chi connectivity index (χ4n) is 3.73. The molecule has 0 radical (unpaired) electrons. The molecular formula is C24H27N5O. The molecule has 2 heterocycles. The van der Waals surface area contributed by atoms with E-state index in [0.29, 0.717) is 11.5 Å². The number of rotatable bonds is 5. The van der Waals surface area contributed by atoms with Gasteiger partial charge in [-0.15, -0.1) is 0 Å². The fourth-order valence-corrected chi connectivity index (χ4v) is 3.73. The summed E-state index contributed by atoms with van der Waals surface area (Å²) in [5.41, 5.74) is 5.27. The zero-order valence-corrected chi connectivity index (χ0v) is 17.5. The lowest BCUT2D eigenvalue weighted by atomic mass is 10.1. The number of nitrogens with zero attached hydrogens (tertiary/aromatic N) is 3. The molecule has 1 saturated heterocycles. The summed E-state index contributed by atoms with van der Waals surface area (Å²) >= 11 is 0. The lowest BCUT2D eigenvalue weighted by Crippen LogP contribution is -2.29. The third-order valence-electron chi connectivity index (χ3n) is 5.23. The third kappa shape index (κ3) is 4.95. The van der Waals surface area contributed by atoms with Crippen LogP contribution in [0.1, 0.15) is 41.0 Å². The topological polar surface area (TPSA) is 70.2 Å². The normalized spacial score (nSPS) is 13.7. The van der Waals surface area contributed by atoms with Gasteiger partial charge in [-0.05, 0) is 87.7 Å². The summed E-state index contributed by atoms with van der Waals surface area (Å²) in [6.07, 6.45) is 3.81. The van der Waals surface area contributed by atoms with Crippen LogP contribution in [0.5, 0.6) is 0 Å². The molecule has 2 N–H and O–H groups in total. The Bertz CT molecular complexity index is 989. The SMILES string of the molecule is Cc1cc(C)nc(Nc2ccc(C(=O)Nc3ccc(N4CCCCC4)cc3)cc2)n1. The van der Waals surface area contributed by atoms with Crippen LogP contribution in [0.4, 0.5) is 23.0 Å². The van der Waals surface area contributed by atoms with Crippen LogP contribution in [-0.2, 0) is 0 Å². The second-order valence-electron chi connectivity index (χ2n) is 7.73. The van der Waals surface area contributed by atoms with E-state index in [1.807, 2.05) is 44.2 Å². The Labute approximate surface area is 177 Å². The van der Waals surface area contributed by atoms with E-state index in [4.69, 9.17) is 0 Å². The van der Waals surface area contributed by atoms with E-state index < -0.39 is 0 Å². The Morgan fingerprint density at radius 3 is 2.07 bits per heavy atom. The first-order valence-corrected chi connectivity index (χ1v) is 10.4. The third-order valence-corrected chi connectivity index (χ3v) is 5.23. The van der Waals surface area contributed by atoms with Crippen molar-refractivity contribution in [1.29, 1.82) is 0 Å². The Balaban J connectivity index is 1.37. The molecule has 6 heteroatoms. The maximum Gasteiger partial charge on any atom is 0.255 e. The zero-order chi connectivity index (χ0) is 20.9. The average molecular weight is 402 g/mol. The van der Waals surface area contributed by atoms with Crippen LogP contribution in [-0.4, -0.2) is 29.0 Å². The minimum absolute atomic E-state index is 0.130. The molecule has 0 unspecified atom stereocenters. The first-order chi connectivity index (χ1) is 14.6. The predicted octanol–water partition coefficient (Wildman–Crippen LogP) is 5.08. The second-order valence-corrected chi connectivity index (χ2v) is 7.73. The van der Waals surface area contributed by atoms with Gasteiger partial charge in [-0.3, -0.25) is 4.79 Å². The molecule has 0 bridgehead atoms. The summed E-state index contributed by atoms with van der Waals surface area (Å²) in [6.45, 7) is 6.09. The number of nitrogens with one attached hydrogen (secondary N) is 2. The van der Waals surface area contributed by atoms with Gasteiger partial charge in [-0.1, -0.05) is 0 Å². The number of carbonyl (C=O) groups is 1. The minimum Gasteiger partial charge on any atom is -0.372 e. The summed E-state index contributed by atoms with van der Waals surface area (Å²) in [6, 6.07) is 17.3. The Kier molecular flexibility index (Phi) is 5.93. The van der Waals surface area contributed by atoms with Crippen molar-refractivity contribution in [2.45, 2.75) is 33.1 Å². The maximum atomic E-state index is 12.6. The number of hydrogen-bond acceptors (Lipinski definition) is 5. The van der Waals surface area contributed by atoms with Gasteiger partial charge in [0, 0.05) is 47.1 Å². The van der Waals surface area contributed by atoms with E-state index in [0.717, 1.165) is 35.9 Å². The molecule has 1 amide bonds. The van der Waals surface area contributed by atoms with Crippen molar-refractivity contribution in [2.24, 2.45) is 0 Å². The number of aryl methyl sites for hydroxylation is 2. The zero-order valence-electron chi connectivity index (χ0n) is 17.5. The quantitative estimate of drug-likeness (QED) is 0.624. The van der Waals surface area contributed by atoms with Crippen molar-refractivity contribution in [1.82, 2.24) is 9.97 Å². The molecule has 0 aliphatic carbocycles. The molecule has 1 aliphatic heterocycles. The van der Waals surface area contributed by atoms with E-state index in [1.165, 1.54) is 24.9 Å². The molecule has 0 spiro atoms. The molecule has 0 atom stereocenters. The minimum atomic E-state index is -0.130. The highest BCUT2D eigenvalue weighted by Crippen LogP contribution is 2.22. The lowest BCUT2D eigenvalue weighted by Gasteiger charge is -2.28. The first kappa shape index (κ1) is 19.9. The summed E-state index contributed by atoms with van der Waals surface area (Å²) in [7, 11) is 0. The lowest BCUT2D eigenvalue weighted by molar-refractivity contribution is 0.102. The van der Waals surface area contributed by atoms with Crippen molar-refractivity contribution < 1.29 is 4.79 Å². The summed E-state index contributed by atoms with van der Waals surface area (Å²) in [5.74, 6) is 0.424. The van der Waals surface area contributed by atoms with E-state index in [1.54, 1.807) is 12.1 Å². The highest BCUT2D eigenvalue weighted by atomic mass is 16.1. The number of piperidine rings is 1. The van der Waals surface area contributed by atoms with Crippen LogP contribution < -0.4 is 15.5 Å². The largest absolute Gasteiger partial charge is 0.372 e. The van der Waals surface area contributed by atoms with E-state index in [9.17, 15) is 4.79 Å². The number of benzene rings is 2. The predicted molar refractivity (Wildman–Crippen MR) is 122 cm³/mol. The van der Waals surface area contributed by atoms with Gasteiger partial charge >= 0.3 is 0 Å². The number of hydrogen-bond donors (Lipinski definition) is 2. The Morgan fingerprint density at radius 2 is 1.43 bits per heavy atom. The van der Waals surface area contributed by atoms with Gasteiger partial charge in [-0.25, -0.2) is 9.97 Å². The molecule has 3 aromatic rings. The molecule has 1 aromatic heterocycles. The van der Waals surface area contributed by atoms with Crippen LogP contribution in [0.15, 0.2) is 54.6 Å². The Hall–Kier alpha value is -3.41. The van der Waals surface area contributed by atoms with Gasteiger partial charge in [0.2, 0.25) is 5.95 Å². The standard InChI is InChI=1S/C24H27N5O/c1-17-16-18(2)26-24(25-17)28-21-8-6-19(7-9-21)23(30)27-20-10-12-22(13-11-20)29-14-4-3-5-15-29/h6-13,16H,3-5,14-15H2,1-2H3,(H,27,30)(H,25,26,28). The van der Waals surface area contributed by atoms with Crippen LogP contribution in [0.2, 0.25) is 0 Å². The maximum absolute atomic E-state index is 12.6. The fraction of sp³-hybridized carbons (Fsp3) is 0.292. The van der Waals surface area contributed by atoms with Crippen LogP contribution in [0, 0.1) is 13.8 Å². The van der Waals surface area contributed by atoms with Crippen molar-refractivity contribution >= 4 is 28.9 Å². The molecular weight excluding hydrogens is 374 g/mol. The van der Waals surface area contributed by atoms with Crippen LogP contribution >= 0.6 is 0 Å². The van der Waals surface area contributed by atoms with Gasteiger partial charge < -0.3 is 15.5 Å². The number of carbonyl (C=O) groups excluding carboxylic acids is 1. The second kappa shape index (κ2) is 8.95. The van der Waals surface area contributed by atoms with Gasteiger partial charge in [-0.2, -0.15) is 0 Å². The number of aromatic nitrogens is 2. The molecule has 6 nitrogen and oxygen atoms in total. The van der Waals surface area contributed by atoms with Crippen molar-refractivity contribution in [3.63, 3.8) is 0 Å².